The van der Waals surface area contributed by atoms with E-state index >= 15 is 0 Å². The predicted octanol–water partition coefficient (Wildman–Crippen LogP) is 3.29. The van der Waals surface area contributed by atoms with Crippen LogP contribution in [0.2, 0.25) is 5.02 Å². The van der Waals surface area contributed by atoms with Crippen molar-refractivity contribution in [3.05, 3.63) is 46.6 Å². The fourth-order valence-electron chi connectivity index (χ4n) is 1.41. The van der Waals surface area contributed by atoms with Crippen LogP contribution < -0.4 is 10.5 Å². The van der Waals surface area contributed by atoms with E-state index in [1.807, 2.05) is 19.1 Å². The van der Waals surface area contributed by atoms with Crippen LogP contribution in [-0.2, 0) is 0 Å². The Balaban J connectivity index is 2.34. The lowest BCUT2D eigenvalue weighted by Crippen LogP contribution is -1.96. The minimum Gasteiger partial charge on any atom is -0.435 e. The van der Waals surface area contributed by atoms with Crippen molar-refractivity contribution in [3.8, 4) is 17.7 Å². The van der Waals surface area contributed by atoms with Crippen LogP contribution in [0.1, 0.15) is 11.1 Å². The number of aryl methyl sites for hydroxylation is 1. The zero-order valence-electron chi connectivity index (χ0n) is 9.64. The van der Waals surface area contributed by atoms with Gasteiger partial charge in [0.2, 0.25) is 5.88 Å². The second-order valence-electron chi connectivity index (χ2n) is 3.77. The van der Waals surface area contributed by atoms with Gasteiger partial charge in [0.05, 0.1) is 16.3 Å². The summed E-state index contributed by atoms with van der Waals surface area (Å²) < 4.78 is 5.54. The third-order valence-corrected chi connectivity index (χ3v) is 2.61. The number of ether oxygens (including phenoxy) is 1. The van der Waals surface area contributed by atoms with Gasteiger partial charge >= 0.3 is 0 Å². The van der Waals surface area contributed by atoms with Gasteiger partial charge in [0.1, 0.15) is 11.8 Å². The molecule has 0 saturated carbocycles. The van der Waals surface area contributed by atoms with Crippen molar-refractivity contribution in [1.29, 1.82) is 5.26 Å². The number of hydrogen-bond acceptors (Lipinski definition) is 4. The normalized spacial score (nSPS) is 9.83. The van der Waals surface area contributed by atoms with Crippen LogP contribution in [0.4, 0.5) is 5.69 Å². The summed E-state index contributed by atoms with van der Waals surface area (Å²) in [5, 5.41) is 9.19. The summed E-state index contributed by atoms with van der Waals surface area (Å²) in [7, 11) is 0. The highest BCUT2D eigenvalue weighted by atomic mass is 35.5. The summed E-state index contributed by atoms with van der Waals surface area (Å²) in [5.41, 5.74) is 7.45. The molecule has 0 unspecified atom stereocenters. The molecule has 0 aliphatic carbocycles. The largest absolute Gasteiger partial charge is 0.435 e. The topological polar surface area (TPSA) is 71.9 Å². The van der Waals surface area contributed by atoms with E-state index in [1.165, 1.54) is 12.3 Å². The molecule has 5 heteroatoms. The van der Waals surface area contributed by atoms with Crippen LogP contribution in [0.5, 0.6) is 11.6 Å². The fourth-order valence-corrected chi connectivity index (χ4v) is 1.56. The van der Waals surface area contributed by atoms with Crippen LogP contribution in [0.25, 0.3) is 0 Å². The lowest BCUT2D eigenvalue weighted by atomic mass is 10.2. The van der Waals surface area contributed by atoms with Gasteiger partial charge in [0.15, 0.2) is 0 Å². The number of aromatic nitrogens is 1. The molecule has 0 aliphatic rings. The zero-order valence-corrected chi connectivity index (χ0v) is 10.4. The second-order valence-corrected chi connectivity index (χ2v) is 4.17. The molecule has 1 aromatic carbocycles. The summed E-state index contributed by atoms with van der Waals surface area (Å²) in [5.74, 6) is 0.724. The first-order valence-corrected chi connectivity index (χ1v) is 5.57. The van der Waals surface area contributed by atoms with Crippen LogP contribution >= 0.6 is 11.6 Å². The molecule has 18 heavy (non-hydrogen) atoms. The average Bonchev–Trinajstić information content (AvgIpc) is 2.36. The Bertz CT molecular complexity index is 635. The molecule has 90 valence electrons. The lowest BCUT2D eigenvalue weighted by molar-refractivity contribution is 0.465. The van der Waals surface area contributed by atoms with Crippen LogP contribution in [0.3, 0.4) is 0 Å². The molecule has 1 heterocycles. The molecule has 1 aromatic heterocycles. The summed E-state index contributed by atoms with van der Waals surface area (Å²) in [4.78, 5) is 3.99. The molecule has 0 radical (unpaired) electrons. The quantitative estimate of drug-likeness (QED) is 0.898. The van der Waals surface area contributed by atoms with Gasteiger partial charge in [0, 0.05) is 6.20 Å². The highest BCUT2D eigenvalue weighted by molar-refractivity contribution is 6.32. The minimum atomic E-state index is 0.238. The van der Waals surface area contributed by atoms with Crippen LogP contribution in [0, 0.1) is 18.3 Å². The van der Waals surface area contributed by atoms with E-state index in [1.54, 1.807) is 12.1 Å². The van der Waals surface area contributed by atoms with E-state index in [0.717, 1.165) is 5.56 Å². The molecule has 0 amide bonds. The Morgan fingerprint density at radius 3 is 2.83 bits per heavy atom. The molecule has 0 bridgehead atoms. The van der Waals surface area contributed by atoms with Crippen molar-refractivity contribution in [1.82, 2.24) is 4.98 Å². The Hall–Kier alpha value is -2.25. The van der Waals surface area contributed by atoms with Crippen LogP contribution in [-0.4, -0.2) is 4.98 Å². The number of halogens is 1. The molecule has 2 N–H and O–H groups in total. The number of rotatable bonds is 2. The Labute approximate surface area is 110 Å². The maximum atomic E-state index is 8.72. The molecule has 2 rings (SSSR count). The molecular weight excluding hydrogens is 250 g/mol. The first-order valence-electron chi connectivity index (χ1n) is 5.20. The molecule has 4 nitrogen and oxygen atoms in total. The molecule has 0 saturated heterocycles. The number of nitrogen functional groups attached to an aromatic ring is 1. The predicted molar refractivity (Wildman–Crippen MR) is 69.6 cm³/mol. The summed E-state index contributed by atoms with van der Waals surface area (Å²) >= 11 is 6.01. The standard InChI is InChI=1S/C13H10ClN3O/c1-8-2-3-10(14)12(4-8)18-13-11(16)5-9(6-15)7-17-13/h2-5,7H,16H2,1H3. The molecule has 0 aliphatic heterocycles. The first kappa shape index (κ1) is 12.2. The van der Waals surface area contributed by atoms with Crippen molar-refractivity contribution in [2.24, 2.45) is 0 Å². The van der Waals surface area contributed by atoms with Gasteiger partial charge in [-0.25, -0.2) is 4.98 Å². The highest BCUT2D eigenvalue weighted by Gasteiger charge is 2.08. The molecule has 2 aromatic rings. The smallest absolute Gasteiger partial charge is 0.242 e. The monoisotopic (exact) mass is 259 g/mol. The summed E-state index contributed by atoms with van der Waals surface area (Å²) in [6, 6.07) is 8.88. The van der Waals surface area contributed by atoms with Gasteiger partial charge in [-0.2, -0.15) is 5.26 Å². The number of anilines is 1. The Morgan fingerprint density at radius 1 is 1.39 bits per heavy atom. The summed E-state index contributed by atoms with van der Waals surface area (Å²) in [6.07, 6.45) is 1.40. The van der Waals surface area contributed by atoms with Gasteiger partial charge in [-0.15, -0.1) is 0 Å². The first-order chi connectivity index (χ1) is 8.60. The Morgan fingerprint density at radius 2 is 2.17 bits per heavy atom. The van der Waals surface area contributed by atoms with Crippen molar-refractivity contribution >= 4 is 17.3 Å². The van der Waals surface area contributed by atoms with E-state index in [-0.39, 0.29) is 5.88 Å². The van der Waals surface area contributed by atoms with E-state index < -0.39 is 0 Å². The van der Waals surface area contributed by atoms with Crippen molar-refractivity contribution in [2.75, 3.05) is 5.73 Å². The maximum Gasteiger partial charge on any atom is 0.242 e. The number of pyridine rings is 1. The molecular formula is C13H10ClN3O. The highest BCUT2D eigenvalue weighted by Crippen LogP contribution is 2.31. The second kappa shape index (κ2) is 4.94. The average molecular weight is 260 g/mol. The van der Waals surface area contributed by atoms with Crippen LogP contribution in [0.15, 0.2) is 30.5 Å². The zero-order chi connectivity index (χ0) is 13.1. The van der Waals surface area contributed by atoms with Crippen molar-refractivity contribution in [3.63, 3.8) is 0 Å². The molecule has 0 atom stereocenters. The van der Waals surface area contributed by atoms with Gasteiger partial charge in [-0.05, 0) is 30.7 Å². The van der Waals surface area contributed by atoms with E-state index in [9.17, 15) is 0 Å². The minimum absolute atomic E-state index is 0.238. The lowest BCUT2D eigenvalue weighted by Gasteiger charge is -2.09. The fraction of sp³-hybridized carbons (Fsp3) is 0.0769. The number of benzene rings is 1. The van der Waals surface area contributed by atoms with Gasteiger partial charge in [-0.3, -0.25) is 0 Å². The number of nitrogens with zero attached hydrogens (tertiary/aromatic N) is 2. The Kier molecular flexibility index (Phi) is 3.35. The molecule has 0 fully saturated rings. The SMILES string of the molecule is Cc1ccc(Cl)c(Oc2ncc(C#N)cc2N)c1. The van der Waals surface area contributed by atoms with Gasteiger partial charge < -0.3 is 10.5 Å². The van der Waals surface area contributed by atoms with Crippen molar-refractivity contribution in [2.45, 2.75) is 6.92 Å². The van der Waals surface area contributed by atoms with Gasteiger partial charge in [0.25, 0.3) is 0 Å². The van der Waals surface area contributed by atoms with E-state index in [2.05, 4.69) is 4.98 Å². The third-order valence-electron chi connectivity index (χ3n) is 2.30. The number of hydrogen-bond donors (Lipinski definition) is 1. The third kappa shape index (κ3) is 2.53. The van der Waals surface area contributed by atoms with E-state index in [0.29, 0.717) is 22.0 Å². The maximum absolute atomic E-state index is 8.72. The van der Waals surface area contributed by atoms with Crippen molar-refractivity contribution < 1.29 is 4.74 Å². The van der Waals surface area contributed by atoms with E-state index in [4.69, 9.17) is 27.3 Å². The van der Waals surface area contributed by atoms with Gasteiger partial charge in [-0.1, -0.05) is 17.7 Å². The number of nitrogens with two attached hydrogens (primary N) is 1. The number of nitriles is 1. The molecule has 0 spiro atoms. The summed E-state index contributed by atoms with van der Waals surface area (Å²) in [6.45, 7) is 1.93.